The van der Waals surface area contributed by atoms with Crippen LogP contribution in [0.4, 0.5) is 5.13 Å². The zero-order chi connectivity index (χ0) is 17.6. The van der Waals surface area contributed by atoms with Crippen molar-refractivity contribution < 1.29 is 14.3 Å². The summed E-state index contributed by atoms with van der Waals surface area (Å²) in [4.78, 5) is 30.2. The largest absolute Gasteiger partial charge is 0.451 e. The predicted octanol–water partition coefficient (Wildman–Crippen LogP) is 2.48. The van der Waals surface area contributed by atoms with Crippen molar-refractivity contribution >= 4 is 28.3 Å². The first kappa shape index (κ1) is 17.2. The maximum Gasteiger partial charge on any atom is 0.358 e. The summed E-state index contributed by atoms with van der Waals surface area (Å²) in [6.07, 6.45) is 2.52. The van der Waals surface area contributed by atoms with E-state index in [-0.39, 0.29) is 18.2 Å². The van der Waals surface area contributed by atoms with Gasteiger partial charge in [0.25, 0.3) is 5.91 Å². The number of anilines is 1. The van der Waals surface area contributed by atoms with E-state index in [2.05, 4.69) is 22.9 Å². The summed E-state index contributed by atoms with van der Waals surface area (Å²) in [7, 11) is 0. The number of rotatable bonds is 6. The van der Waals surface area contributed by atoms with Crippen LogP contribution >= 0.6 is 11.3 Å². The first-order valence-electron chi connectivity index (χ1n) is 7.99. The number of aromatic nitrogens is 1. The maximum absolute atomic E-state index is 12.3. The van der Waals surface area contributed by atoms with Crippen LogP contribution in [0.5, 0.6) is 0 Å². The molecule has 1 aliphatic rings. The topological polar surface area (TPSA) is 71.5 Å². The SMILES string of the molecule is C=CCNc1nc(C(=O)OCC(=O)N2CCc3ccccc3C2)cs1. The van der Waals surface area contributed by atoms with Crippen molar-refractivity contribution in [3.05, 3.63) is 59.1 Å². The molecule has 2 aromatic rings. The fraction of sp³-hybridized carbons (Fsp3) is 0.278. The van der Waals surface area contributed by atoms with Gasteiger partial charge in [-0.05, 0) is 17.5 Å². The van der Waals surface area contributed by atoms with Gasteiger partial charge in [-0.15, -0.1) is 17.9 Å². The molecule has 0 fully saturated rings. The molecule has 130 valence electrons. The van der Waals surface area contributed by atoms with Gasteiger partial charge in [-0.3, -0.25) is 4.79 Å². The quantitative estimate of drug-likeness (QED) is 0.635. The molecule has 0 atom stereocenters. The van der Waals surface area contributed by atoms with E-state index in [1.54, 1.807) is 16.4 Å². The molecule has 0 aliphatic carbocycles. The second-order valence-electron chi connectivity index (χ2n) is 5.62. The van der Waals surface area contributed by atoms with Crippen LogP contribution in [-0.2, 0) is 22.5 Å². The first-order valence-corrected chi connectivity index (χ1v) is 8.87. The summed E-state index contributed by atoms with van der Waals surface area (Å²) in [5.74, 6) is -0.781. The van der Waals surface area contributed by atoms with E-state index in [4.69, 9.17) is 4.74 Å². The van der Waals surface area contributed by atoms with E-state index >= 15 is 0 Å². The molecular weight excluding hydrogens is 338 g/mol. The van der Waals surface area contributed by atoms with Crippen LogP contribution in [-0.4, -0.2) is 41.5 Å². The van der Waals surface area contributed by atoms with Crippen molar-refractivity contribution in [3.63, 3.8) is 0 Å². The van der Waals surface area contributed by atoms with Gasteiger partial charge in [-0.2, -0.15) is 0 Å². The highest BCUT2D eigenvalue weighted by Crippen LogP contribution is 2.19. The second-order valence-corrected chi connectivity index (χ2v) is 6.48. The minimum atomic E-state index is -0.589. The number of amides is 1. The molecule has 2 heterocycles. The van der Waals surface area contributed by atoms with Crippen LogP contribution in [0, 0.1) is 0 Å². The summed E-state index contributed by atoms with van der Waals surface area (Å²) >= 11 is 1.31. The van der Waals surface area contributed by atoms with Crippen LogP contribution in [0.3, 0.4) is 0 Å². The summed E-state index contributed by atoms with van der Waals surface area (Å²) in [6, 6.07) is 8.07. The zero-order valence-electron chi connectivity index (χ0n) is 13.7. The van der Waals surface area contributed by atoms with Crippen molar-refractivity contribution in [2.75, 3.05) is 25.0 Å². The molecule has 0 bridgehead atoms. The lowest BCUT2D eigenvalue weighted by Crippen LogP contribution is -2.38. The first-order chi connectivity index (χ1) is 12.2. The number of hydrogen-bond donors (Lipinski definition) is 1. The van der Waals surface area contributed by atoms with Gasteiger partial charge in [0.05, 0.1) is 0 Å². The minimum Gasteiger partial charge on any atom is -0.451 e. The molecule has 1 aliphatic heterocycles. The van der Waals surface area contributed by atoms with E-state index in [0.29, 0.717) is 24.8 Å². The average molecular weight is 357 g/mol. The Morgan fingerprint density at radius 1 is 1.36 bits per heavy atom. The molecule has 0 saturated carbocycles. The molecule has 0 radical (unpaired) electrons. The van der Waals surface area contributed by atoms with E-state index < -0.39 is 5.97 Å². The van der Waals surface area contributed by atoms with Gasteiger partial charge in [-0.1, -0.05) is 30.3 Å². The molecule has 1 aromatic heterocycles. The van der Waals surface area contributed by atoms with Gasteiger partial charge >= 0.3 is 5.97 Å². The predicted molar refractivity (Wildman–Crippen MR) is 96.6 cm³/mol. The monoisotopic (exact) mass is 357 g/mol. The highest BCUT2D eigenvalue weighted by atomic mass is 32.1. The standard InChI is InChI=1S/C18H19N3O3S/c1-2-8-19-18-20-15(12-25-18)17(23)24-11-16(22)21-9-7-13-5-3-4-6-14(13)10-21/h2-6,12H,1,7-11H2,(H,19,20). The summed E-state index contributed by atoms with van der Waals surface area (Å²) in [6.45, 7) is 5.10. The number of nitrogens with zero attached hydrogens (tertiary/aromatic N) is 2. The third-order valence-corrected chi connectivity index (χ3v) is 4.72. The number of benzene rings is 1. The van der Waals surface area contributed by atoms with Crippen molar-refractivity contribution in [3.8, 4) is 0 Å². The lowest BCUT2D eigenvalue weighted by atomic mass is 10.00. The minimum absolute atomic E-state index is 0.192. The fourth-order valence-electron chi connectivity index (χ4n) is 2.61. The van der Waals surface area contributed by atoms with Crippen molar-refractivity contribution in [2.24, 2.45) is 0 Å². The van der Waals surface area contributed by atoms with Gasteiger partial charge in [-0.25, -0.2) is 9.78 Å². The highest BCUT2D eigenvalue weighted by Gasteiger charge is 2.22. The van der Waals surface area contributed by atoms with Gasteiger partial charge in [0, 0.05) is 25.0 Å². The molecule has 3 rings (SSSR count). The molecule has 25 heavy (non-hydrogen) atoms. The Labute approximate surface area is 150 Å². The van der Waals surface area contributed by atoms with Crippen molar-refractivity contribution in [1.82, 2.24) is 9.88 Å². The van der Waals surface area contributed by atoms with Gasteiger partial charge < -0.3 is 15.0 Å². The summed E-state index contributed by atoms with van der Waals surface area (Å²) < 4.78 is 5.11. The highest BCUT2D eigenvalue weighted by molar-refractivity contribution is 7.13. The molecular formula is C18H19N3O3S. The number of thiazole rings is 1. The second kappa shape index (κ2) is 7.94. The molecule has 1 N–H and O–H groups in total. The Balaban J connectivity index is 1.51. The fourth-order valence-corrected chi connectivity index (χ4v) is 3.30. The molecule has 7 heteroatoms. The molecule has 0 spiro atoms. The lowest BCUT2D eigenvalue weighted by Gasteiger charge is -2.28. The van der Waals surface area contributed by atoms with Crippen LogP contribution in [0.15, 0.2) is 42.3 Å². The van der Waals surface area contributed by atoms with Crippen LogP contribution < -0.4 is 5.32 Å². The van der Waals surface area contributed by atoms with E-state index in [0.717, 1.165) is 12.0 Å². The third-order valence-electron chi connectivity index (χ3n) is 3.92. The molecule has 1 amide bonds. The average Bonchev–Trinajstić information content (AvgIpc) is 3.12. The Hall–Kier alpha value is -2.67. The summed E-state index contributed by atoms with van der Waals surface area (Å²) in [5, 5.41) is 5.22. The van der Waals surface area contributed by atoms with Crippen LogP contribution in [0.2, 0.25) is 0 Å². The molecule has 0 unspecified atom stereocenters. The molecule has 6 nitrogen and oxygen atoms in total. The Morgan fingerprint density at radius 2 is 2.16 bits per heavy atom. The zero-order valence-corrected chi connectivity index (χ0v) is 14.6. The smallest absolute Gasteiger partial charge is 0.358 e. The number of esters is 1. The Bertz CT molecular complexity index is 787. The van der Waals surface area contributed by atoms with Crippen molar-refractivity contribution in [1.29, 1.82) is 0 Å². The molecule has 1 aromatic carbocycles. The van der Waals surface area contributed by atoms with E-state index in [1.807, 2.05) is 18.2 Å². The van der Waals surface area contributed by atoms with Gasteiger partial charge in [0.2, 0.25) is 0 Å². The Kier molecular flexibility index (Phi) is 5.45. The number of fused-ring (bicyclic) bond motifs is 1. The molecule has 0 saturated heterocycles. The van der Waals surface area contributed by atoms with Gasteiger partial charge in [0.1, 0.15) is 0 Å². The number of carbonyl (C=O) groups excluding carboxylic acids is 2. The maximum atomic E-state index is 12.3. The number of hydrogen-bond acceptors (Lipinski definition) is 6. The summed E-state index contributed by atoms with van der Waals surface area (Å²) in [5.41, 5.74) is 2.62. The van der Waals surface area contributed by atoms with E-state index in [1.165, 1.54) is 16.9 Å². The lowest BCUT2D eigenvalue weighted by molar-refractivity contribution is -0.135. The third kappa shape index (κ3) is 4.24. The van der Waals surface area contributed by atoms with Crippen LogP contribution in [0.25, 0.3) is 0 Å². The van der Waals surface area contributed by atoms with Crippen molar-refractivity contribution in [2.45, 2.75) is 13.0 Å². The Morgan fingerprint density at radius 3 is 2.96 bits per heavy atom. The van der Waals surface area contributed by atoms with Crippen LogP contribution in [0.1, 0.15) is 21.6 Å². The number of nitrogens with one attached hydrogen (secondary N) is 1. The van der Waals surface area contributed by atoms with E-state index in [9.17, 15) is 9.59 Å². The number of ether oxygens (including phenoxy) is 1. The van der Waals surface area contributed by atoms with Gasteiger partial charge in [0.15, 0.2) is 17.4 Å². The number of carbonyl (C=O) groups is 2. The normalized spacial score (nSPS) is 13.0.